The number of hydrogen-bond donors (Lipinski definition) is 7. The molecule has 184 valence electrons. The molecule has 2 aromatic carbocycles. The lowest BCUT2D eigenvalue weighted by Crippen LogP contribution is -2.35. The van der Waals surface area contributed by atoms with Crippen LogP contribution in [0.3, 0.4) is 0 Å². The molecule has 3 aromatic rings. The summed E-state index contributed by atoms with van der Waals surface area (Å²) in [5.74, 6) is -2.72. The van der Waals surface area contributed by atoms with Gasteiger partial charge in [-0.1, -0.05) is 0 Å². The van der Waals surface area contributed by atoms with Gasteiger partial charge in [0, 0.05) is 29.9 Å². The fraction of sp³-hybridized carbons (Fsp3) is 0.217. The van der Waals surface area contributed by atoms with Crippen LogP contribution in [-0.2, 0) is 17.9 Å². The summed E-state index contributed by atoms with van der Waals surface area (Å²) in [5, 5.41) is 32.7. The van der Waals surface area contributed by atoms with E-state index in [1.54, 1.807) is 0 Å². The van der Waals surface area contributed by atoms with E-state index in [0.717, 1.165) is 6.07 Å². The Morgan fingerprint density at radius 2 is 1.94 bits per heavy atom. The van der Waals surface area contributed by atoms with E-state index in [4.69, 9.17) is 16.9 Å². The molecule has 1 amide bonds. The number of benzene rings is 2. The summed E-state index contributed by atoms with van der Waals surface area (Å²) < 4.78 is 15.3. The quantitative estimate of drug-likeness (QED) is 0.142. The Morgan fingerprint density at radius 1 is 1.23 bits per heavy atom. The summed E-state index contributed by atoms with van der Waals surface area (Å²) in [6.07, 6.45) is 1.39. The lowest BCUT2D eigenvalue weighted by molar-refractivity contribution is -0.121. The third kappa shape index (κ3) is 5.85. The number of hydrogen-bond acceptors (Lipinski definition) is 8. The molecule has 9 N–H and O–H groups in total. The van der Waals surface area contributed by atoms with E-state index in [2.05, 4.69) is 15.6 Å². The van der Waals surface area contributed by atoms with E-state index in [1.807, 2.05) is 13.8 Å². The van der Waals surface area contributed by atoms with Crippen LogP contribution in [0.25, 0.3) is 11.3 Å². The molecule has 11 nitrogen and oxygen atoms in total. The average molecular weight is 484 g/mol. The van der Waals surface area contributed by atoms with Gasteiger partial charge >= 0.3 is 0 Å². The SMILES string of the molecule is CC(C)Nc1ncc(-c2cc(N)cc(O)c2)n(CC(=O)NCc2cc(O)c(C(=N)N)c(F)c2)c1=O. The van der Waals surface area contributed by atoms with Gasteiger partial charge in [-0.25, -0.2) is 9.37 Å². The van der Waals surface area contributed by atoms with Crippen LogP contribution in [0.1, 0.15) is 25.0 Å². The highest BCUT2D eigenvalue weighted by atomic mass is 19.1. The van der Waals surface area contributed by atoms with Crippen LogP contribution >= 0.6 is 0 Å². The maximum Gasteiger partial charge on any atom is 0.294 e. The molecule has 0 aliphatic rings. The fourth-order valence-corrected chi connectivity index (χ4v) is 3.45. The number of rotatable bonds is 8. The van der Waals surface area contributed by atoms with Crippen LogP contribution in [-0.4, -0.2) is 37.5 Å². The van der Waals surface area contributed by atoms with Gasteiger partial charge in [0.15, 0.2) is 5.82 Å². The predicted octanol–water partition coefficient (Wildman–Crippen LogP) is 1.46. The molecule has 0 fully saturated rings. The largest absolute Gasteiger partial charge is 0.508 e. The average Bonchev–Trinajstić information content (AvgIpc) is 2.73. The van der Waals surface area contributed by atoms with Crippen molar-refractivity contribution in [2.75, 3.05) is 11.1 Å². The van der Waals surface area contributed by atoms with Crippen LogP contribution < -0.4 is 27.7 Å². The third-order valence-corrected chi connectivity index (χ3v) is 4.91. The van der Waals surface area contributed by atoms with Crippen molar-refractivity contribution in [3.8, 4) is 22.8 Å². The number of nitrogen functional groups attached to an aromatic ring is 2. The molecule has 35 heavy (non-hydrogen) atoms. The molecule has 0 spiro atoms. The molecule has 0 aliphatic heterocycles. The second kappa shape index (κ2) is 10.1. The van der Waals surface area contributed by atoms with E-state index < -0.39 is 41.0 Å². The van der Waals surface area contributed by atoms with Gasteiger partial charge in [0.1, 0.15) is 29.7 Å². The van der Waals surface area contributed by atoms with Gasteiger partial charge in [-0.2, -0.15) is 0 Å². The van der Waals surface area contributed by atoms with Gasteiger partial charge in [-0.3, -0.25) is 19.6 Å². The second-order valence-corrected chi connectivity index (χ2v) is 8.16. The van der Waals surface area contributed by atoms with E-state index >= 15 is 0 Å². The number of nitrogens with two attached hydrogens (primary N) is 2. The topological polar surface area (TPSA) is 192 Å². The first kappa shape index (κ1) is 25.0. The Hall–Kier alpha value is -4.61. The highest BCUT2D eigenvalue weighted by Gasteiger charge is 2.17. The Balaban J connectivity index is 1.91. The number of halogens is 1. The highest BCUT2D eigenvalue weighted by molar-refractivity contribution is 5.97. The van der Waals surface area contributed by atoms with Gasteiger partial charge in [-0.05, 0) is 43.7 Å². The smallest absolute Gasteiger partial charge is 0.294 e. The van der Waals surface area contributed by atoms with Gasteiger partial charge in [0.05, 0.1) is 17.5 Å². The summed E-state index contributed by atoms with van der Waals surface area (Å²) in [6, 6.07) is 6.39. The molecule has 0 bridgehead atoms. The van der Waals surface area contributed by atoms with Crippen molar-refractivity contribution in [1.29, 1.82) is 5.41 Å². The van der Waals surface area contributed by atoms with Crippen LogP contribution in [0.5, 0.6) is 11.5 Å². The van der Waals surface area contributed by atoms with Gasteiger partial charge in [0.25, 0.3) is 5.56 Å². The van der Waals surface area contributed by atoms with Crippen LogP contribution in [0, 0.1) is 11.2 Å². The minimum atomic E-state index is -0.903. The van der Waals surface area contributed by atoms with Crippen molar-refractivity contribution in [3.63, 3.8) is 0 Å². The number of nitrogens with zero attached hydrogens (tertiary/aromatic N) is 2. The zero-order valence-electron chi connectivity index (χ0n) is 19.1. The number of phenols is 2. The minimum absolute atomic E-state index is 0.0384. The lowest BCUT2D eigenvalue weighted by atomic mass is 10.1. The summed E-state index contributed by atoms with van der Waals surface area (Å²) in [4.78, 5) is 30.0. The van der Waals surface area contributed by atoms with Crippen molar-refractivity contribution in [2.45, 2.75) is 33.0 Å². The van der Waals surface area contributed by atoms with Crippen molar-refractivity contribution in [1.82, 2.24) is 14.9 Å². The number of phenolic OH excluding ortho intramolecular Hbond substituents is 2. The predicted molar refractivity (Wildman–Crippen MR) is 130 cm³/mol. The third-order valence-electron chi connectivity index (χ3n) is 4.91. The highest BCUT2D eigenvalue weighted by Crippen LogP contribution is 2.26. The second-order valence-electron chi connectivity index (χ2n) is 8.16. The molecule has 3 rings (SSSR count). The number of aromatic hydroxyl groups is 2. The monoisotopic (exact) mass is 483 g/mol. The van der Waals surface area contributed by atoms with Crippen molar-refractivity contribution < 1.29 is 19.4 Å². The minimum Gasteiger partial charge on any atom is -0.508 e. The maximum absolute atomic E-state index is 14.2. The van der Waals surface area contributed by atoms with Crippen molar-refractivity contribution in [3.05, 3.63) is 63.8 Å². The van der Waals surface area contributed by atoms with Crippen molar-refractivity contribution in [2.24, 2.45) is 5.73 Å². The number of anilines is 2. The normalized spacial score (nSPS) is 10.9. The van der Waals surface area contributed by atoms with Gasteiger partial charge in [0.2, 0.25) is 5.91 Å². The fourth-order valence-electron chi connectivity index (χ4n) is 3.45. The van der Waals surface area contributed by atoms with E-state index in [0.29, 0.717) is 5.56 Å². The van der Waals surface area contributed by atoms with Gasteiger partial charge < -0.3 is 32.3 Å². The molecule has 0 radical (unpaired) electrons. The molecule has 12 heteroatoms. The van der Waals surface area contributed by atoms with E-state index in [-0.39, 0.29) is 41.1 Å². The van der Waals surface area contributed by atoms with E-state index in [1.165, 1.54) is 35.0 Å². The Morgan fingerprint density at radius 3 is 2.54 bits per heavy atom. The number of carbonyl (C=O) groups is 1. The number of carbonyl (C=O) groups excluding carboxylic acids is 1. The molecule has 0 saturated carbocycles. The van der Waals surface area contributed by atoms with E-state index in [9.17, 15) is 24.2 Å². The van der Waals surface area contributed by atoms with Crippen LogP contribution in [0.4, 0.5) is 15.9 Å². The summed E-state index contributed by atoms with van der Waals surface area (Å²) in [5.41, 5.74) is 11.2. The molecule has 1 heterocycles. The Labute approximate surface area is 199 Å². The molecule has 0 unspecified atom stereocenters. The number of aromatic nitrogens is 2. The summed E-state index contributed by atoms with van der Waals surface area (Å²) in [6.45, 7) is 3.08. The Bertz CT molecular complexity index is 1310. The number of amidine groups is 1. The zero-order chi connectivity index (χ0) is 25.9. The molecule has 1 aromatic heterocycles. The van der Waals surface area contributed by atoms with Gasteiger partial charge in [-0.15, -0.1) is 0 Å². The maximum atomic E-state index is 14.2. The standard InChI is InChI=1S/C23H26FN7O4/c1-11(2)30-22-23(35)31(17(9-29-22)13-5-14(25)7-15(32)6-13)10-19(34)28-8-12-3-16(24)20(21(26)27)18(33)4-12/h3-7,9,11,32-33H,8,10,25H2,1-2H3,(H3,26,27)(H,28,34)(H,29,30). The first-order chi connectivity index (χ1) is 16.5. The van der Waals surface area contributed by atoms with Crippen LogP contribution in [0.2, 0.25) is 0 Å². The Kier molecular flexibility index (Phi) is 7.23. The summed E-state index contributed by atoms with van der Waals surface area (Å²) in [7, 11) is 0. The molecule has 0 saturated heterocycles. The molecular formula is C23H26FN7O4. The first-order valence-electron chi connectivity index (χ1n) is 10.5. The van der Waals surface area contributed by atoms with Crippen molar-refractivity contribution >= 4 is 23.2 Å². The molecule has 0 atom stereocenters. The zero-order valence-corrected chi connectivity index (χ0v) is 19.1. The number of nitrogens with one attached hydrogen (secondary N) is 3. The first-order valence-corrected chi connectivity index (χ1v) is 10.5. The summed E-state index contributed by atoms with van der Waals surface area (Å²) >= 11 is 0. The lowest BCUT2D eigenvalue weighted by Gasteiger charge is -2.16. The number of amides is 1. The van der Waals surface area contributed by atoms with Crippen LogP contribution in [0.15, 0.2) is 41.3 Å². The molecule has 0 aliphatic carbocycles. The molecular weight excluding hydrogens is 457 g/mol.